The second-order valence-electron chi connectivity index (χ2n) is 7.14. The average Bonchev–Trinajstić information content (AvgIpc) is 3.09. The first kappa shape index (κ1) is 21.5. The van der Waals surface area contributed by atoms with Crippen molar-refractivity contribution < 1.29 is 27.5 Å². The number of rotatable bonds is 5. The van der Waals surface area contributed by atoms with Gasteiger partial charge in [-0.2, -0.15) is 5.10 Å². The molecule has 1 aromatic heterocycles. The van der Waals surface area contributed by atoms with E-state index in [4.69, 9.17) is 0 Å². The first-order valence-corrected chi connectivity index (χ1v) is 9.36. The summed E-state index contributed by atoms with van der Waals surface area (Å²) in [6, 6.07) is 6.63. The molecule has 0 unspecified atom stereocenters. The highest BCUT2D eigenvalue weighted by Gasteiger charge is 2.31. The molecule has 0 aliphatic carbocycles. The normalized spacial score (nSPS) is 13.7. The van der Waals surface area contributed by atoms with Crippen molar-refractivity contribution in [2.45, 2.75) is 45.9 Å². The predicted octanol–water partition coefficient (Wildman–Crippen LogP) is 2.65. The maximum absolute atomic E-state index is 12.5. The molecule has 2 N–H and O–H groups in total. The topological polar surface area (TPSA) is 88.5 Å². The maximum atomic E-state index is 12.5. The lowest BCUT2D eigenvalue weighted by molar-refractivity contribution is -0.274. The van der Waals surface area contributed by atoms with E-state index in [0.717, 1.165) is 5.69 Å². The van der Waals surface area contributed by atoms with Crippen molar-refractivity contribution in [2.75, 3.05) is 6.54 Å². The molecule has 0 atom stereocenters. The lowest BCUT2D eigenvalue weighted by Crippen LogP contribution is -2.43. The molecule has 2 heterocycles. The molecule has 1 aliphatic rings. The van der Waals surface area contributed by atoms with Crippen LogP contribution >= 0.6 is 0 Å². The highest BCUT2D eigenvalue weighted by Crippen LogP contribution is 2.22. The monoisotopic (exact) mass is 425 g/mol. The average molecular weight is 425 g/mol. The van der Waals surface area contributed by atoms with Gasteiger partial charge in [0.25, 0.3) is 5.91 Å². The number of fused-ring (bicyclic) bond motifs is 1. The first-order chi connectivity index (χ1) is 14.1. The van der Waals surface area contributed by atoms with Gasteiger partial charge in [0.05, 0.1) is 18.8 Å². The van der Waals surface area contributed by atoms with E-state index >= 15 is 0 Å². The van der Waals surface area contributed by atoms with Crippen LogP contribution in [0, 0.1) is 0 Å². The lowest BCUT2D eigenvalue weighted by Gasteiger charge is -2.27. The van der Waals surface area contributed by atoms with Gasteiger partial charge in [0.1, 0.15) is 5.75 Å². The predicted molar refractivity (Wildman–Crippen MR) is 101 cm³/mol. The SMILES string of the molecule is CC(C)NC(=O)c1cc2n(n1)CCN(C(=O)NCc1ccc(OC(F)(F)F)cc1)C2. The zero-order chi connectivity index (χ0) is 21.9. The summed E-state index contributed by atoms with van der Waals surface area (Å²) < 4.78 is 42.1. The van der Waals surface area contributed by atoms with Crippen molar-refractivity contribution in [2.24, 2.45) is 0 Å². The Morgan fingerprint density at radius 1 is 1.20 bits per heavy atom. The van der Waals surface area contributed by atoms with Gasteiger partial charge >= 0.3 is 12.4 Å². The molecule has 0 fully saturated rings. The van der Waals surface area contributed by atoms with Crippen LogP contribution in [-0.2, 0) is 19.6 Å². The highest BCUT2D eigenvalue weighted by atomic mass is 19.4. The van der Waals surface area contributed by atoms with Gasteiger partial charge in [-0.1, -0.05) is 12.1 Å². The Morgan fingerprint density at radius 3 is 2.53 bits per heavy atom. The summed E-state index contributed by atoms with van der Waals surface area (Å²) in [7, 11) is 0. The van der Waals surface area contributed by atoms with Crippen LogP contribution in [0.3, 0.4) is 0 Å². The zero-order valence-corrected chi connectivity index (χ0v) is 16.5. The number of benzene rings is 1. The quantitative estimate of drug-likeness (QED) is 0.771. The van der Waals surface area contributed by atoms with Crippen molar-refractivity contribution in [3.63, 3.8) is 0 Å². The summed E-state index contributed by atoms with van der Waals surface area (Å²) in [5.41, 5.74) is 1.69. The number of hydrogen-bond donors (Lipinski definition) is 2. The van der Waals surface area contributed by atoms with Gasteiger partial charge < -0.3 is 20.3 Å². The van der Waals surface area contributed by atoms with E-state index in [9.17, 15) is 22.8 Å². The molecule has 162 valence electrons. The molecule has 3 amide bonds. The van der Waals surface area contributed by atoms with Crippen molar-refractivity contribution in [1.29, 1.82) is 0 Å². The lowest BCUT2D eigenvalue weighted by atomic mass is 10.2. The van der Waals surface area contributed by atoms with Crippen LogP contribution in [0.1, 0.15) is 35.6 Å². The standard InChI is InChI=1S/C19H22F3N5O3/c1-12(2)24-17(28)16-9-14-11-26(7-8-27(14)25-16)18(29)23-10-13-3-5-15(6-4-13)30-19(20,21)22/h3-6,9,12H,7-8,10-11H2,1-2H3,(H,23,29)(H,24,28). The fourth-order valence-corrected chi connectivity index (χ4v) is 2.99. The van der Waals surface area contributed by atoms with Crippen molar-refractivity contribution in [3.8, 4) is 5.75 Å². The molecular weight excluding hydrogens is 403 g/mol. The largest absolute Gasteiger partial charge is 0.573 e. The van der Waals surface area contributed by atoms with Gasteiger partial charge in [-0.05, 0) is 37.6 Å². The second kappa shape index (κ2) is 8.64. The molecule has 0 spiro atoms. The Morgan fingerprint density at radius 2 is 1.90 bits per heavy atom. The number of nitrogens with zero attached hydrogens (tertiary/aromatic N) is 3. The third kappa shape index (κ3) is 5.65. The van der Waals surface area contributed by atoms with Crippen LogP contribution in [-0.4, -0.2) is 45.6 Å². The molecule has 2 aromatic rings. The second-order valence-corrected chi connectivity index (χ2v) is 7.14. The molecule has 0 saturated carbocycles. The number of halogens is 3. The summed E-state index contributed by atoms with van der Waals surface area (Å²) in [6.07, 6.45) is -4.74. The fourth-order valence-electron chi connectivity index (χ4n) is 2.99. The molecule has 11 heteroatoms. The molecule has 8 nitrogen and oxygen atoms in total. The minimum absolute atomic E-state index is 0.00686. The van der Waals surface area contributed by atoms with Gasteiger partial charge in [0.2, 0.25) is 0 Å². The van der Waals surface area contributed by atoms with Crippen LogP contribution in [0.15, 0.2) is 30.3 Å². The summed E-state index contributed by atoms with van der Waals surface area (Å²) in [6.45, 7) is 5.05. The number of hydrogen-bond acceptors (Lipinski definition) is 4. The van der Waals surface area contributed by atoms with Crippen LogP contribution in [0.2, 0.25) is 0 Å². The Bertz CT molecular complexity index is 909. The number of amides is 3. The van der Waals surface area contributed by atoms with Crippen LogP contribution in [0.25, 0.3) is 0 Å². The van der Waals surface area contributed by atoms with Crippen molar-refractivity contribution in [3.05, 3.63) is 47.3 Å². The van der Waals surface area contributed by atoms with Crippen molar-refractivity contribution >= 4 is 11.9 Å². The number of carbonyl (C=O) groups is 2. The number of urea groups is 1. The van der Waals surface area contributed by atoms with E-state index < -0.39 is 6.36 Å². The van der Waals surface area contributed by atoms with E-state index in [-0.39, 0.29) is 30.3 Å². The molecule has 1 aromatic carbocycles. The van der Waals surface area contributed by atoms with Crippen LogP contribution in [0.5, 0.6) is 5.75 Å². The molecule has 0 bridgehead atoms. The number of nitrogens with one attached hydrogen (secondary N) is 2. The summed E-state index contributed by atoms with van der Waals surface area (Å²) >= 11 is 0. The number of carbonyl (C=O) groups excluding carboxylic acids is 2. The number of ether oxygens (including phenoxy) is 1. The molecule has 0 saturated heterocycles. The van der Waals surface area contributed by atoms with E-state index in [1.807, 2.05) is 13.8 Å². The fraction of sp³-hybridized carbons (Fsp3) is 0.421. The van der Waals surface area contributed by atoms with Gasteiger partial charge in [-0.3, -0.25) is 9.48 Å². The Labute approximate surface area is 171 Å². The Balaban J connectivity index is 1.54. The number of alkyl halides is 3. The van der Waals surface area contributed by atoms with E-state index in [0.29, 0.717) is 30.9 Å². The molecule has 3 rings (SSSR count). The molecular formula is C19H22F3N5O3. The Kier molecular flexibility index (Phi) is 6.18. The van der Waals surface area contributed by atoms with Gasteiger partial charge in [-0.15, -0.1) is 13.2 Å². The summed E-state index contributed by atoms with van der Waals surface area (Å²) in [5, 5.41) is 9.79. The summed E-state index contributed by atoms with van der Waals surface area (Å²) in [4.78, 5) is 26.1. The molecule has 30 heavy (non-hydrogen) atoms. The number of aromatic nitrogens is 2. The Hall–Kier alpha value is -3.24. The van der Waals surface area contributed by atoms with E-state index in [1.54, 1.807) is 15.6 Å². The molecule has 1 aliphatic heterocycles. The minimum atomic E-state index is -4.74. The van der Waals surface area contributed by atoms with E-state index in [1.165, 1.54) is 24.3 Å². The molecule has 0 radical (unpaired) electrons. The zero-order valence-electron chi connectivity index (χ0n) is 16.5. The van der Waals surface area contributed by atoms with Gasteiger partial charge in [-0.25, -0.2) is 4.79 Å². The van der Waals surface area contributed by atoms with Gasteiger partial charge in [0.15, 0.2) is 5.69 Å². The van der Waals surface area contributed by atoms with Crippen LogP contribution in [0.4, 0.5) is 18.0 Å². The van der Waals surface area contributed by atoms with Gasteiger partial charge in [0, 0.05) is 19.1 Å². The highest BCUT2D eigenvalue weighted by molar-refractivity contribution is 5.92. The smallest absolute Gasteiger partial charge is 0.406 e. The maximum Gasteiger partial charge on any atom is 0.573 e. The first-order valence-electron chi connectivity index (χ1n) is 9.36. The van der Waals surface area contributed by atoms with Crippen molar-refractivity contribution in [1.82, 2.24) is 25.3 Å². The van der Waals surface area contributed by atoms with E-state index in [2.05, 4.69) is 20.5 Å². The summed E-state index contributed by atoms with van der Waals surface area (Å²) in [5.74, 6) is -0.583. The third-order valence-electron chi connectivity index (χ3n) is 4.34. The van der Waals surface area contributed by atoms with Crippen LogP contribution < -0.4 is 15.4 Å². The minimum Gasteiger partial charge on any atom is -0.406 e. The third-order valence-corrected chi connectivity index (χ3v) is 4.34.